The lowest BCUT2D eigenvalue weighted by atomic mass is 10.1. The van der Waals surface area contributed by atoms with E-state index in [-0.39, 0.29) is 11.9 Å². The van der Waals surface area contributed by atoms with Gasteiger partial charge in [0.1, 0.15) is 0 Å². The van der Waals surface area contributed by atoms with Crippen molar-refractivity contribution in [2.45, 2.75) is 32.2 Å². The Bertz CT molecular complexity index is 439. The number of anilines is 1. The van der Waals surface area contributed by atoms with Gasteiger partial charge in [0.25, 0.3) is 5.91 Å². The normalized spacial score (nSPS) is 18.1. The van der Waals surface area contributed by atoms with E-state index in [1.165, 1.54) is 24.2 Å². The molecule has 1 aromatic rings. The van der Waals surface area contributed by atoms with E-state index in [0.717, 1.165) is 13.1 Å². The van der Waals surface area contributed by atoms with Crippen molar-refractivity contribution in [3.63, 3.8) is 0 Å². The Balaban J connectivity index is 1.99. The van der Waals surface area contributed by atoms with Crippen molar-refractivity contribution in [2.75, 3.05) is 18.4 Å². The van der Waals surface area contributed by atoms with Gasteiger partial charge in [-0.05, 0) is 44.4 Å². The summed E-state index contributed by atoms with van der Waals surface area (Å²) in [7, 11) is 0. The van der Waals surface area contributed by atoms with Crippen LogP contribution in [0, 0.1) is 0 Å². The molecule has 0 spiro atoms. The highest BCUT2D eigenvalue weighted by Gasteiger charge is 2.26. The lowest BCUT2D eigenvalue weighted by Crippen LogP contribution is -3.17. The van der Waals surface area contributed by atoms with Gasteiger partial charge in [-0.2, -0.15) is 0 Å². The fourth-order valence-electron chi connectivity index (χ4n) is 2.50. The average Bonchev–Trinajstić information content (AvgIpc) is 2.37. The number of quaternary nitrogens is 1. The van der Waals surface area contributed by atoms with Crippen LogP contribution in [0.1, 0.15) is 26.2 Å². The predicted molar refractivity (Wildman–Crippen MR) is 79.1 cm³/mol. The lowest BCUT2D eigenvalue weighted by Gasteiger charge is -2.28. The summed E-state index contributed by atoms with van der Waals surface area (Å²) in [5, 5.41) is 3.95. The van der Waals surface area contributed by atoms with Crippen LogP contribution in [0.15, 0.2) is 18.2 Å². The van der Waals surface area contributed by atoms with Crippen LogP contribution in [0.25, 0.3) is 0 Å². The molecule has 0 aromatic heterocycles. The van der Waals surface area contributed by atoms with Crippen molar-refractivity contribution in [2.24, 2.45) is 0 Å². The highest BCUT2D eigenvalue weighted by molar-refractivity contribution is 6.35. The minimum absolute atomic E-state index is 0.0234. The van der Waals surface area contributed by atoms with Crippen molar-refractivity contribution in [1.29, 1.82) is 0 Å². The molecule has 1 aromatic carbocycles. The average molecular weight is 302 g/mol. The zero-order valence-corrected chi connectivity index (χ0v) is 12.5. The van der Waals surface area contributed by atoms with Gasteiger partial charge in [0.05, 0.1) is 13.1 Å². The molecule has 1 fully saturated rings. The molecule has 0 aliphatic carbocycles. The summed E-state index contributed by atoms with van der Waals surface area (Å²) in [4.78, 5) is 13.6. The number of piperidine rings is 1. The van der Waals surface area contributed by atoms with Gasteiger partial charge in [-0.1, -0.05) is 23.2 Å². The van der Waals surface area contributed by atoms with Crippen LogP contribution in [0.5, 0.6) is 0 Å². The number of hydrogen-bond donors (Lipinski definition) is 2. The Morgan fingerprint density at radius 1 is 1.16 bits per heavy atom. The molecule has 1 aliphatic rings. The number of rotatable bonds is 3. The van der Waals surface area contributed by atoms with Gasteiger partial charge in [0.15, 0.2) is 6.04 Å². The summed E-state index contributed by atoms with van der Waals surface area (Å²) in [6, 6.07) is 5.03. The number of carbonyl (C=O) groups is 1. The zero-order chi connectivity index (χ0) is 13.8. The minimum atomic E-state index is -0.0435. The van der Waals surface area contributed by atoms with E-state index in [9.17, 15) is 4.79 Å². The van der Waals surface area contributed by atoms with Gasteiger partial charge >= 0.3 is 0 Å². The molecule has 5 heteroatoms. The molecule has 1 heterocycles. The highest BCUT2D eigenvalue weighted by atomic mass is 35.5. The van der Waals surface area contributed by atoms with Crippen LogP contribution in [0.3, 0.4) is 0 Å². The molecule has 1 saturated heterocycles. The zero-order valence-electron chi connectivity index (χ0n) is 11.0. The second-order valence-corrected chi connectivity index (χ2v) is 5.96. The monoisotopic (exact) mass is 301 g/mol. The molecule has 2 N–H and O–H groups in total. The van der Waals surface area contributed by atoms with Gasteiger partial charge in [-0.3, -0.25) is 4.79 Å². The molecule has 0 radical (unpaired) electrons. The summed E-state index contributed by atoms with van der Waals surface area (Å²) in [5.41, 5.74) is 0.658. The first kappa shape index (κ1) is 14.6. The third-order valence-electron chi connectivity index (χ3n) is 3.63. The SMILES string of the molecule is C[C@@H](C(=O)Nc1cc(Cl)cc(Cl)c1)[NH+]1CCCCC1. The second kappa shape index (κ2) is 6.60. The smallest absolute Gasteiger partial charge is 0.282 e. The van der Waals surface area contributed by atoms with Crippen molar-refractivity contribution < 1.29 is 9.69 Å². The summed E-state index contributed by atoms with van der Waals surface area (Å²) in [5.74, 6) is 0.0234. The fraction of sp³-hybridized carbons (Fsp3) is 0.500. The molecule has 2 rings (SSSR count). The topological polar surface area (TPSA) is 33.5 Å². The summed E-state index contributed by atoms with van der Waals surface area (Å²) < 4.78 is 0. The molecule has 1 atom stereocenters. The Morgan fingerprint density at radius 2 is 1.74 bits per heavy atom. The molecular formula is C14H19Cl2N2O+. The number of hydrogen-bond acceptors (Lipinski definition) is 1. The first-order chi connectivity index (χ1) is 9.06. The maximum atomic E-state index is 12.2. The van der Waals surface area contributed by atoms with Crippen molar-refractivity contribution in [3.05, 3.63) is 28.2 Å². The molecule has 1 aliphatic heterocycles. The molecular weight excluding hydrogens is 283 g/mol. The highest BCUT2D eigenvalue weighted by Crippen LogP contribution is 2.22. The quantitative estimate of drug-likeness (QED) is 0.883. The van der Waals surface area contributed by atoms with E-state index in [4.69, 9.17) is 23.2 Å². The third-order valence-corrected chi connectivity index (χ3v) is 4.07. The molecule has 1 amide bonds. The van der Waals surface area contributed by atoms with Crippen LogP contribution in [-0.2, 0) is 4.79 Å². The van der Waals surface area contributed by atoms with Crippen LogP contribution in [0.2, 0.25) is 10.0 Å². The Kier molecular flexibility index (Phi) is 5.08. The summed E-state index contributed by atoms with van der Waals surface area (Å²) in [6.45, 7) is 4.12. The van der Waals surface area contributed by atoms with E-state index in [1.807, 2.05) is 6.92 Å². The van der Waals surface area contributed by atoms with Gasteiger partial charge < -0.3 is 10.2 Å². The molecule has 0 saturated carbocycles. The Labute approximate surface area is 123 Å². The molecule has 0 unspecified atom stereocenters. The second-order valence-electron chi connectivity index (χ2n) is 5.09. The van der Waals surface area contributed by atoms with Gasteiger partial charge in [-0.25, -0.2) is 0 Å². The van der Waals surface area contributed by atoms with E-state index in [1.54, 1.807) is 18.2 Å². The molecule has 104 valence electrons. The first-order valence-electron chi connectivity index (χ1n) is 6.68. The fourth-order valence-corrected chi connectivity index (χ4v) is 3.03. The van der Waals surface area contributed by atoms with Crippen molar-refractivity contribution >= 4 is 34.8 Å². The first-order valence-corrected chi connectivity index (χ1v) is 7.43. The van der Waals surface area contributed by atoms with Crippen molar-refractivity contribution in [3.8, 4) is 0 Å². The molecule has 19 heavy (non-hydrogen) atoms. The van der Waals surface area contributed by atoms with Crippen LogP contribution < -0.4 is 10.2 Å². The number of carbonyl (C=O) groups excluding carboxylic acids is 1. The van der Waals surface area contributed by atoms with E-state index >= 15 is 0 Å². The van der Waals surface area contributed by atoms with Crippen molar-refractivity contribution in [1.82, 2.24) is 0 Å². The predicted octanol–water partition coefficient (Wildman–Crippen LogP) is 2.39. The number of nitrogens with one attached hydrogen (secondary N) is 2. The van der Waals surface area contributed by atoms with E-state index < -0.39 is 0 Å². The van der Waals surface area contributed by atoms with Crippen LogP contribution >= 0.6 is 23.2 Å². The number of amides is 1. The van der Waals surface area contributed by atoms with Gasteiger partial charge in [-0.15, -0.1) is 0 Å². The van der Waals surface area contributed by atoms with Crippen LogP contribution in [-0.4, -0.2) is 25.0 Å². The van der Waals surface area contributed by atoms with E-state index in [0.29, 0.717) is 15.7 Å². The number of halogens is 2. The van der Waals surface area contributed by atoms with E-state index in [2.05, 4.69) is 5.32 Å². The molecule has 3 nitrogen and oxygen atoms in total. The molecule has 0 bridgehead atoms. The maximum absolute atomic E-state index is 12.2. The third kappa shape index (κ3) is 4.10. The van der Waals surface area contributed by atoms with Gasteiger partial charge in [0.2, 0.25) is 0 Å². The number of likely N-dealkylation sites (tertiary alicyclic amines) is 1. The Hall–Kier alpha value is -0.770. The standard InChI is InChI=1S/C14H18Cl2N2O/c1-10(18-5-3-2-4-6-18)14(19)17-13-8-11(15)7-12(16)9-13/h7-10H,2-6H2,1H3,(H,17,19)/p+1/t10-/m0/s1. The Morgan fingerprint density at radius 3 is 2.32 bits per heavy atom. The van der Waals surface area contributed by atoms with Gasteiger partial charge in [0, 0.05) is 15.7 Å². The maximum Gasteiger partial charge on any atom is 0.282 e. The summed E-state index contributed by atoms with van der Waals surface area (Å²) in [6.07, 6.45) is 3.69. The largest absolute Gasteiger partial charge is 0.325 e. The van der Waals surface area contributed by atoms with Crippen LogP contribution in [0.4, 0.5) is 5.69 Å². The summed E-state index contributed by atoms with van der Waals surface area (Å²) >= 11 is 11.8. The number of benzene rings is 1. The lowest BCUT2D eigenvalue weighted by molar-refractivity contribution is -0.918. The minimum Gasteiger partial charge on any atom is -0.325 e.